The second-order valence-electron chi connectivity index (χ2n) is 4.49. The first kappa shape index (κ1) is 14.6. The average Bonchev–Trinajstić information content (AvgIpc) is 2.23. The van der Waals surface area contributed by atoms with Crippen molar-refractivity contribution in [2.75, 3.05) is 6.61 Å². The molecule has 1 rings (SSSR count). The van der Waals surface area contributed by atoms with Crippen LogP contribution in [0.1, 0.15) is 26.3 Å². The normalized spacial score (nSPS) is 13.8. The molecule has 4 heteroatoms. The predicted octanol–water partition coefficient (Wildman–Crippen LogP) is 3.31. The minimum atomic E-state index is -0.744. The van der Waals surface area contributed by atoms with Gasteiger partial charge >= 0.3 is 0 Å². The molecule has 0 heterocycles. The Balaban J connectivity index is 2.80. The minimum Gasteiger partial charge on any atom is -0.390 e. The van der Waals surface area contributed by atoms with Crippen LogP contribution in [-0.4, -0.2) is 23.4 Å². The predicted molar refractivity (Wildman–Crippen MR) is 69.5 cm³/mol. The monoisotopic (exact) mass is 304 g/mol. The molecule has 0 aliphatic carbocycles. The number of ether oxygens (including phenoxy) is 1. The van der Waals surface area contributed by atoms with E-state index in [0.717, 1.165) is 4.47 Å². The maximum Gasteiger partial charge on any atom is 0.126 e. The summed E-state index contributed by atoms with van der Waals surface area (Å²) in [7, 11) is 0. The van der Waals surface area contributed by atoms with E-state index in [4.69, 9.17) is 4.74 Å². The molecule has 0 spiro atoms. The Hall–Kier alpha value is -0.450. The molecule has 0 saturated carbocycles. The van der Waals surface area contributed by atoms with Gasteiger partial charge in [0.2, 0.25) is 0 Å². The molecule has 2 nitrogen and oxygen atoms in total. The molecule has 0 bridgehead atoms. The Morgan fingerprint density at radius 2 is 2.12 bits per heavy atom. The van der Waals surface area contributed by atoms with Gasteiger partial charge in [0.05, 0.1) is 11.7 Å². The highest BCUT2D eigenvalue weighted by Crippen LogP contribution is 2.22. The van der Waals surface area contributed by atoms with Crippen LogP contribution >= 0.6 is 15.9 Å². The number of aliphatic hydroxyl groups is 1. The van der Waals surface area contributed by atoms with Gasteiger partial charge in [-0.05, 0) is 44.5 Å². The van der Waals surface area contributed by atoms with Crippen LogP contribution in [-0.2, 0) is 11.2 Å². The van der Waals surface area contributed by atoms with Gasteiger partial charge in [-0.1, -0.05) is 15.9 Å². The van der Waals surface area contributed by atoms with Crippen LogP contribution in [0.15, 0.2) is 22.7 Å². The number of hydrogen-bond acceptors (Lipinski definition) is 2. The van der Waals surface area contributed by atoms with E-state index in [1.807, 2.05) is 6.92 Å². The number of hydrogen-bond donors (Lipinski definition) is 1. The van der Waals surface area contributed by atoms with Gasteiger partial charge < -0.3 is 9.84 Å². The fourth-order valence-electron chi connectivity index (χ4n) is 1.62. The Morgan fingerprint density at radius 3 is 2.71 bits per heavy atom. The number of aliphatic hydroxyl groups excluding tert-OH is 1. The molecule has 1 aromatic rings. The van der Waals surface area contributed by atoms with Gasteiger partial charge in [0.1, 0.15) is 5.82 Å². The summed E-state index contributed by atoms with van der Waals surface area (Å²) < 4.78 is 19.8. The molecule has 0 saturated heterocycles. The van der Waals surface area contributed by atoms with Crippen molar-refractivity contribution in [3.63, 3.8) is 0 Å². The van der Waals surface area contributed by atoms with Gasteiger partial charge in [-0.15, -0.1) is 0 Å². The molecule has 0 amide bonds. The van der Waals surface area contributed by atoms with Crippen LogP contribution < -0.4 is 0 Å². The SMILES string of the molecule is CCOC(C)(C)C(O)Cc1cc(Br)ccc1F. The van der Waals surface area contributed by atoms with E-state index in [1.54, 1.807) is 26.0 Å². The van der Waals surface area contributed by atoms with Gasteiger partial charge in [0.15, 0.2) is 0 Å². The Bertz CT molecular complexity index is 380. The fourth-order valence-corrected chi connectivity index (χ4v) is 2.03. The zero-order chi connectivity index (χ0) is 13.1. The molecule has 0 radical (unpaired) electrons. The van der Waals surface area contributed by atoms with Crippen molar-refractivity contribution in [1.29, 1.82) is 0 Å². The molecule has 1 N–H and O–H groups in total. The van der Waals surface area contributed by atoms with E-state index in [9.17, 15) is 9.50 Å². The average molecular weight is 305 g/mol. The molecule has 96 valence electrons. The number of halogens is 2. The summed E-state index contributed by atoms with van der Waals surface area (Å²) in [5.74, 6) is -0.306. The van der Waals surface area contributed by atoms with Crippen molar-refractivity contribution >= 4 is 15.9 Å². The number of rotatable bonds is 5. The lowest BCUT2D eigenvalue weighted by molar-refractivity contribution is -0.0957. The molecule has 17 heavy (non-hydrogen) atoms. The quantitative estimate of drug-likeness (QED) is 0.904. The summed E-state index contributed by atoms with van der Waals surface area (Å²) >= 11 is 3.29. The molecular weight excluding hydrogens is 287 g/mol. The first-order valence-corrected chi connectivity index (χ1v) is 6.42. The van der Waals surface area contributed by atoms with Gasteiger partial charge in [0, 0.05) is 17.5 Å². The van der Waals surface area contributed by atoms with E-state index >= 15 is 0 Å². The van der Waals surface area contributed by atoms with E-state index in [1.165, 1.54) is 6.07 Å². The summed E-state index contributed by atoms with van der Waals surface area (Å²) in [6, 6.07) is 4.71. The molecule has 0 aromatic heterocycles. The third-order valence-electron chi connectivity index (χ3n) is 2.74. The van der Waals surface area contributed by atoms with Crippen LogP contribution in [0.4, 0.5) is 4.39 Å². The Morgan fingerprint density at radius 1 is 1.47 bits per heavy atom. The Labute approximate surface area is 110 Å². The van der Waals surface area contributed by atoms with Gasteiger partial charge in [0.25, 0.3) is 0 Å². The van der Waals surface area contributed by atoms with Gasteiger partial charge in [-0.2, -0.15) is 0 Å². The van der Waals surface area contributed by atoms with Gasteiger partial charge in [-0.3, -0.25) is 0 Å². The van der Waals surface area contributed by atoms with Crippen LogP contribution in [0.2, 0.25) is 0 Å². The summed E-state index contributed by atoms with van der Waals surface area (Å²) in [4.78, 5) is 0. The zero-order valence-corrected chi connectivity index (χ0v) is 11.9. The summed E-state index contributed by atoms with van der Waals surface area (Å²) in [5, 5.41) is 10.1. The lowest BCUT2D eigenvalue weighted by atomic mass is 9.94. The van der Waals surface area contributed by atoms with Crippen molar-refractivity contribution in [3.05, 3.63) is 34.1 Å². The van der Waals surface area contributed by atoms with E-state index in [2.05, 4.69) is 15.9 Å². The third kappa shape index (κ3) is 4.05. The topological polar surface area (TPSA) is 29.5 Å². The van der Waals surface area contributed by atoms with Crippen molar-refractivity contribution in [2.45, 2.75) is 38.9 Å². The summed E-state index contributed by atoms with van der Waals surface area (Å²) in [5.41, 5.74) is -0.191. The maximum atomic E-state index is 13.5. The van der Waals surface area contributed by atoms with Crippen molar-refractivity contribution in [3.8, 4) is 0 Å². The second-order valence-corrected chi connectivity index (χ2v) is 5.41. The van der Waals surface area contributed by atoms with Crippen LogP contribution in [0.3, 0.4) is 0 Å². The zero-order valence-electron chi connectivity index (χ0n) is 10.3. The van der Waals surface area contributed by atoms with Crippen molar-refractivity contribution in [1.82, 2.24) is 0 Å². The standard InChI is InChI=1S/C13H18BrFO2/c1-4-17-13(2,3)12(16)8-9-7-10(14)5-6-11(9)15/h5-7,12,16H,4,8H2,1-3H3. The van der Waals surface area contributed by atoms with Crippen LogP contribution in [0, 0.1) is 5.82 Å². The largest absolute Gasteiger partial charge is 0.390 e. The number of benzene rings is 1. The smallest absolute Gasteiger partial charge is 0.126 e. The third-order valence-corrected chi connectivity index (χ3v) is 3.23. The lowest BCUT2D eigenvalue weighted by Gasteiger charge is -2.30. The van der Waals surface area contributed by atoms with E-state index in [-0.39, 0.29) is 12.2 Å². The highest BCUT2D eigenvalue weighted by molar-refractivity contribution is 9.10. The molecule has 1 atom stereocenters. The second kappa shape index (κ2) is 5.94. The van der Waals surface area contributed by atoms with Crippen LogP contribution in [0.5, 0.6) is 0 Å². The summed E-state index contributed by atoms with van der Waals surface area (Å²) in [6.45, 7) is 5.99. The van der Waals surface area contributed by atoms with Crippen LogP contribution in [0.25, 0.3) is 0 Å². The lowest BCUT2D eigenvalue weighted by Crippen LogP contribution is -2.40. The van der Waals surface area contributed by atoms with Gasteiger partial charge in [-0.25, -0.2) is 4.39 Å². The highest BCUT2D eigenvalue weighted by atomic mass is 79.9. The first-order chi connectivity index (χ1) is 7.86. The molecule has 0 aliphatic heterocycles. The van der Waals surface area contributed by atoms with Crippen molar-refractivity contribution < 1.29 is 14.2 Å². The van der Waals surface area contributed by atoms with E-state index < -0.39 is 11.7 Å². The Kier molecular flexibility index (Phi) is 5.10. The van der Waals surface area contributed by atoms with E-state index in [0.29, 0.717) is 12.2 Å². The summed E-state index contributed by atoms with van der Waals surface area (Å²) in [6.07, 6.45) is -0.510. The highest BCUT2D eigenvalue weighted by Gasteiger charge is 2.29. The molecule has 0 fully saturated rings. The maximum absolute atomic E-state index is 13.5. The minimum absolute atomic E-state index is 0.234. The molecule has 0 aliphatic rings. The molecule has 1 aromatic carbocycles. The molecule has 1 unspecified atom stereocenters. The van der Waals surface area contributed by atoms with Crippen molar-refractivity contribution in [2.24, 2.45) is 0 Å². The molecular formula is C13H18BrFO2. The first-order valence-electron chi connectivity index (χ1n) is 5.62. The fraction of sp³-hybridized carbons (Fsp3) is 0.538.